The van der Waals surface area contributed by atoms with Crippen molar-refractivity contribution in [1.82, 2.24) is 4.90 Å². The van der Waals surface area contributed by atoms with E-state index in [-0.39, 0.29) is 39.5 Å². The molecular formula is C30H24ClNO7S2. The monoisotopic (exact) mass is 609 g/mol. The second-order valence-electron chi connectivity index (χ2n) is 9.04. The van der Waals surface area contributed by atoms with Crippen LogP contribution in [0.4, 0.5) is 4.79 Å². The van der Waals surface area contributed by atoms with Crippen molar-refractivity contribution in [3.8, 4) is 17.2 Å². The van der Waals surface area contributed by atoms with Gasteiger partial charge < -0.3 is 13.7 Å². The van der Waals surface area contributed by atoms with Crippen LogP contribution >= 0.6 is 23.4 Å². The molecule has 11 heteroatoms. The van der Waals surface area contributed by atoms with E-state index in [9.17, 15) is 18.0 Å². The van der Waals surface area contributed by atoms with Crippen molar-refractivity contribution in [3.63, 3.8) is 0 Å². The summed E-state index contributed by atoms with van der Waals surface area (Å²) in [7, 11) is -2.85. The topological polar surface area (TPSA) is 99.2 Å². The Hall–Kier alpha value is -3.99. The minimum atomic E-state index is -4.19. The Morgan fingerprint density at radius 3 is 2.44 bits per heavy atom. The minimum absolute atomic E-state index is 0.0385. The Morgan fingerprint density at radius 2 is 1.68 bits per heavy atom. The highest BCUT2D eigenvalue weighted by molar-refractivity contribution is 8.18. The summed E-state index contributed by atoms with van der Waals surface area (Å²) in [4.78, 5) is 26.9. The molecule has 1 heterocycles. The van der Waals surface area contributed by atoms with E-state index >= 15 is 0 Å². The fraction of sp³-hybridized carbons (Fsp3) is 0.133. The molecule has 0 bridgehead atoms. The summed E-state index contributed by atoms with van der Waals surface area (Å²) in [6.07, 6.45) is 1.49. The molecule has 2 amide bonds. The zero-order valence-corrected chi connectivity index (χ0v) is 24.4. The molecule has 1 saturated heterocycles. The maximum absolute atomic E-state index is 13.0. The second-order valence-corrected chi connectivity index (χ2v) is 12.0. The van der Waals surface area contributed by atoms with Gasteiger partial charge in [-0.2, -0.15) is 8.42 Å². The molecule has 0 atom stereocenters. The number of carbonyl (C=O) groups excluding carboxylic acids is 2. The molecule has 0 aromatic heterocycles. The molecule has 0 N–H and O–H groups in total. The number of amides is 2. The first-order valence-corrected chi connectivity index (χ1v) is 15.0. The summed E-state index contributed by atoms with van der Waals surface area (Å²) in [5.41, 5.74) is 1.31. The van der Waals surface area contributed by atoms with Crippen LogP contribution in [0.3, 0.4) is 0 Å². The van der Waals surface area contributed by atoms with Crippen LogP contribution in [0.15, 0.2) is 88.7 Å². The molecule has 1 fully saturated rings. The summed E-state index contributed by atoms with van der Waals surface area (Å²) in [6, 6.07) is 22.6. The number of halogens is 1. The van der Waals surface area contributed by atoms with Gasteiger partial charge in [-0.3, -0.25) is 14.5 Å². The van der Waals surface area contributed by atoms with Crippen LogP contribution in [0.1, 0.15) is 11.1 Å². The van der Waals surface area contributed by atoms with E-state index in [4.69, 9.17) is 25.3 Å². The van der Waals surface area contributed by atoms with Gasteiger partial charge in [-0.25, -0.2) is 0 Å². The van der Waals surface area contributed by atoms with Gasteiger partial charge in [-0.1, -0.05) is 65.7 Å². The van der Waals surface area contributed by atoms with Crippen LogP contribution in [0.2, 0.25) is 5.02 Å². The number of rotatable bonds is 9. The van der Waals surface area contributed by atoms with Gasteiger partial charge in [0.1, 0.15) is 17.3 Å². The predicted octanol–water partition coefficient (Wildman–Crippen LogP) is 6.69. The lowest BCUT2D eigenvalue weighted by Crippen LogP contribution is -2.32. The van der Waals surface area contributed by atoms with E-state index in [0.717, 1.165) is 33.0 Å². The van der Waals surface area contributed by atoms with Gasteiger partial charge in [-0.15, -0.1) is 0 Å². The van der Waals surface area contributed by atoms with Gasteiger partial charge in [0.05, 0.1) is 23.6 Å². The number of benzene rings is 4. The quantitative estimate of drug-likeness (QED) is 0.153. The molecule has 41 heavy (non-hydrogen) atoms. The molecule has 1 aliphatic rings. The second kappa shape index (κ2) is 11.9. The normalized spacial score (nSPS) is 14.6. The molecule has 0 radical (unpaired) electrons. The van der Waals surface area contributed by atoms with Crippen LogP contribution in [0, 0.1) is 6.92 Å². The zero-order chi connectivity index (χ0) is 29.1. The molecule has 0 aliphatic carbocycles. The summed E-state index contributed by atoms with van der Waals surface area (Å²) in [5, 5.41) is 1.49. The van der Waals surface area contributed by atoms with Crippen LogP contribution in [0.5, 0.6) is 17.2 Å². The maximum Gasteiger partial charge on any atom is 0.339 e. The number of nitrogens with zero attached hydrogens (tertiary/aromatic N) is 1. The van der Waals surface area contributed by atoms with Crippen LogP contribution < -0.4 is 13.7 Å². The highest BCUT2D eigenvalue weighted by Crippen LogP contribution is 2.40. The van der Waals surface area contributed by atoms with E-state index < -0.39 is 21.3 Å². The van der Waals surface area contributed by atoms with E-state index in [2.05, 4.69) is 0 Å². The van der Waals surface area contributed by atoms with Gasteiger partial charge in [0.25, 0.3) is 11.1 Å². The van der Waals surface area contributed by atoms with E-state index in [0.29, 0.717) is 11.3 Å². The maximum atomic E-state index is 13.0. The smallest absolute Gasteiger partial charge is 0.339 e. The SMILES string of the molecule is COc1cc(/C=C2\SC(=O)N(CCOc3cccc4ccccc34)C2=O)cc(Cl)c1OS(=O)(=O)c1ccc(C)cc1. The van der Waals surface area contributed by atoms with Gasteiger partial charge in [-0.05, 0) is 66.0 Å². The number of methoxy groups -OCH3 is 1. The highest BCUT2D eigenvalue weighted by atomic mass is 35.5. The summed E-state index contributed by atoms with van der Waals surface area (Å²) < 4.78 is 42.2. The third kappa shape index (κ3) is 6.19. The number of imide groups is 1. The average Bonchev–Trinajstić information content (AvgIpc) is 3.21. The van der Waals surface area contributed by atoms with Crippen LogP contribution in [-0.4, -0.2) is 44.7 Å². The Morgan fingerprint density at radius 1 is 0.951 bits per heavy atom. The molecule has 4 aromatic carbocycles. The Balaban J connectivity index is 1.30. The van der Waals surface area contributed by atoms with E-state index in [1.54, 1.807) is 12.1 Å². The molecule has 210 valence electrons. The molecule has 5 rings (SSSR count). The number of hydrogen-bond acceptors (Lipinski definition) is 8. The van der Waals surface area contributed by atoms with Gasteiger partial charge in [0.2, 0.25) is 5.75 Å². The van der Waals surface area contributed by atoms with Gasteiger partial charge >= 0.3 is 10.1 Å². The van der Waals surface area contributed by atoms with Crippen LogP contribution in [-0.2, 0) is 14.9 Å². The summed E-state index contributed by atoms with van der Waals surface area (Å²) in [6.45, 7) is 2.03. The first-order valence-electron chi connectivity index (χ1n) is 12.4. The van der Waals surface area contributed by atoms with Crippen molar-refractivity contribution in [2.24, 2.45) is 0 Å². The average molecular weight is 610 g/mol. The van der Waals surface area contributed by atoms with E-state index in [1.807, 2.05) is 49.4 Å². The van der Waals surface area contributed by atoms with E-state index in [1.165, 1.54) is 37.5 Å². The fourth-order valence-electron chi connectivity index (χ4n) is 4.18. The largest absolute Gasteiger partial charge is 0.493 e. The summed E-state index contributed by atoms with van der Waals surface area (Å²) >= 11 is 7.18. The standard InChI is InChI=1S/C30H24ClNO7S2/c1-19-10-12-22(13-11-19)41(35,36)39-28-24(31)16-20(17-26(28)37-2)18-27-29(33)32(30(34)40-27)14-15-38-25-9-5-7-21-6-3-4-8-23(21)25/h3-13,16-18H,14-15H2,1-2H3/b27-18-. The number of carbonyl (C=O) groups is 2. The van der Waals surface area contributed by atoms with Crippen molar-refractivity contribution < 1.29 is 31.7 Å². The number of fused-ring (bicyclic) bond motifs is 1. The molecule has 0 spiro atoms. The minimum Gasteiger partial charge on any atom is -0.493 e. The Labute approximate surface area is 246 Å². The number of ether oxygens (including phenoxy) is 2. The number of hydrogen-bond donors (Lipinski definition) is 0. The lowest BCUT2D eigenvalue weighted by atomic mass is 10.1. The summed E-state index contributed by atoms with van der Waals surface area (Å²) in [5.74, 6) is 0.0469. The Bertz CT molecular complexity index is 1780. The zero-order valence-electron chi connectivity index (χ0n) is 22.0. The van der Waals surface area contributed by atoms with Crippen molar-refractivity contribution >= 4 is 61.5 Å². The predicted molar refractivity (Wildman–Crippen MR) is 159 cm³/mol. The Kier molecular flexibility index (Phi) is 8.25. The molecule has 8 nitrogen and oxygen atoms in total. The van der Waals surface area contributed by atoms with Crippen LogP contribution in [0.25, 0.3) is 16.8 Å². The number of thioether (sulfide) groups is 1. The molecular weight excluding hydrogens is 586 g/mol. The van der Waals surface area contributed by atoms with Crippen molar-refractivity contribution in [1.29, 1.82) is 0 Å². The molecule has 1 aliphatic heterocycles. The van der Waals surface area contributed by atoms with Crippen molar-refractivity contribution in [2.45, 2.75) is 11.8 Å². The third-order valence-corrected chi connectivity index (χ3v) is 8.67. The first-order chi connectivity index (χ1) is 19.7. The fourth-order valence-corrected chi connectivity index (χ4v) is 6.30. The molecule has 0 saturated carbocycles. The van der Waals surface area contributed by atoms with Crippen molar-refractivity contribution in [2.75, 3.05) is 20.3 Å². The van der Waals surface area contributed by atoms with Crippen molar-refractivity contribution in [3.05, 3.63) is 99.9 Å². The molecule has 0 unspecified atom stereocenters. The van der Waals surface area contributed by atoms with Gasteiger partial charge in [0, 0.05) is 5.39 Å². The third-order valence-electron chi connectivity index (χ3n) is 6.25. The molecule has 4 aromatic rings. The lowest BCUT2D eigenvalue weighted by molar-refractivity contribution is -0.123. The number of aryl methyl sites for hydroxylation is 1. The van der Waals surface area contributed by atoms with Gasteiger partial charge in [0.15, 0.2) is 5.75 Å². The highest BCUT2D eigenvalue weighted by Gasteiger charge is 2.35. The first kappa shape index (κ1) is 28.5. The lowest BCUT2D eigenvalue weighted by Gasteiger charge is -2.14.